The van der Waals surface area contributed by atoms with Crippen molar-refractivity contribution in [2.45, 2.75) is 77.2 Å². The summed E-state index contributed by atoms with van der Waals surface area (Å²) in [7, 11) is 0. The van der Waals surface area contributed by atoms with E-state index >= 15 is 0 Å². The fourth-order valence-electron chi connectivity index (χ4n) is 4.48. The van der Waals surface area contributed by atoms with Gasteiger partial charge in [-0.1, -0.05) is 38.5 Å². The molecule has 0 radical (unpaired) electrons. The zero-order chi connectivity index (χ0) is 19.2. The summed E-state index contributed by atoms with van der Waals surface area (Å²) in [5, 5.41) is 2.86. The molecule has 1 atom stereocenters. The van der Waals surface area contributed by atoms with Crippen LogP contribution >= 0.6 is 0 Å². The zero-order valence-corrected chi connectivity index (χ0v) is 16.8. The minimum absolute atomic E-state index is 0.0126. The third-order valence-electron chi connectivity index (χ3n) is 6.64. The predicted octanol–water partition coefficient (Wildman–Crippen LogP) is 2.32. The second kappa shape index (κ2) is 9.56. The summed E-state index contributed by atoms with van der Waals surface area (Å²) in [6, 6.07) is -0.480. The van der Waals surface area contributed by atoms with Crippen LogP contribution < -0.4 is 5.32 Å². The molecule has 1 heterocycles. The van der Waals surface area contributed by atoms with Crippen LogP contribution in [0, 0.1) is 11.8 Å². The molecule has 3 amide bonds. The van der Waals surface area contributed by atoms with Gasteiger partial charge >= 0.3 is 0 Å². The molecule has 27 heavy (non-hydrogen) atoms. The standard InChI is InChI=1S/C21H35N3O3/c1-16(22-20(26)18-8-5-9-18)21(27)24-14-12-23(13-15-24)19(25)11-10-17-6-3-2-4-7-17/h16-18H,2-15H2,1H3,(H,22,26)/t16-/m0/s1. The van der Waals surface area contributed by atoms with Crippen LogP contribution in [0.3, 0.4) is 0 Å². The number of hydrogen-bond acceptors (Lipinski definition) is 3. The van der Waals surface area contributed by atoms with Gasteiger partial charge in [0.25, 0.3) is 0 Å². The first-order valence-electron chi connectivity index (χ1n) is 10.9. The van der Waals surface area contributed by atoms with E-state index in [4.69, 9.17) is 0 Å². The van der Waals surface area contributed by atoms with Crippen molar-refractivity contribution in [3.8, 4) is 0 Å². The maximum Gasteiger partial charge on any atom is 0.244 e. The highest BCUT2D eigenvalue weighted by atomic mass is 16.2. The van der Waals surface area contributed by atoms with Crippen molar-refractivity contribution in [1.82, 2.24) is 15.1 Å². The van der Waals surface area contributed by atoms with Crippen molar-refractivity contribution in [1.29, 1.82) is 0 Å². The molecule has 0 aromatic heterocycles. The lowest BCUT2D eigenvalue weighted by atomic mass is 9.84. The molecule has 6 nitrogen and oxygen atoms in total. The van der Waals surface area contributed by atoms with E-state index in [2.05, 4.69) is 5.32 Å². The highest BCUT2D eigenvalue weighted by Crippen LogP contribution is 2.28. The normalized spacial score (nSPS) is 22.9. The molecule has 2 aliphatic carbocycles. The van der Waals surface area contributed by atoms with Crippen LogP contribution in [0.25, 0.3) is 0 Å². The summed E-state index contributed by atoms with van der Waals surface area (Å²) in [6.07, 6.45) is 11.2. The summed E-state index contributed by atoms with van der Waals surface area (Å²) in [5.74, 6) is 1.04. The fourth-order valence-corrected chi connectivity index (χ4v) is 4.48. The number of rotatable bonds is 6. The Balaban J connectivity index is 1.36. The average Bonchev–Trinajstić information content (AvgIpc) is 2.65. The summed E-state index contributed by atoms with van der Waals surface area (Å²) < 4.78 is 0. The van der Waals surface area contributed by atoms with Crippen LogP contribution in [0.4, 0.5) is 0 Å². The van der Waals surface area contributed by atoms with E-state index in [1.807, 2.05) is 4.90 Å². The summed E-state index contributed by atoms with van der Waals surface area (Å²) in [5.41, 5.74) is 0. The van der Waals surface area contributed by atoms with E-state index in [0.29, 0.717) is 32.6 Å². The van der Waals surface area contributed by atoms with Gasteiger partial charge in [0.05, 0.1) is 0 Å². The average molecular weight is 378 g/mol. The van der Waals surface area contributed by atoms with E-state index < -0.39 is 6.04 Å². The van der Waals surface area contributed by atoms with Crippen molar-refractivity contribution in [2.24, 2.45) is 11.8 Å². The van der Waals surface area contributed by atoms with Gasteiger partial charge in [-0.25, -0.2) is 0 Å². The molecule has 3 rings (SSSR count). The van der Waals surface area contributed by atoms with Gasteiger partial charge in [-0.05, 0) is 32.1 Å². The number of carbonyl (C=O) groups is 3. The van der Waals surface area contributed by atoms with Gasteiger partial charge in [0.1, 0.15) is 6.04 Å². The topological polar surface area (TPSA) is 69.7 Å². The second-order valence-electron chi connectivity index (χ2n) is 8.61. The van der Waals surface area contributed by atoms with Gasteiger partial charge in [0.2, 0.25) is 17.7 Å². The molecule has 3 fully saturated rings. The molecule has 3 aliphatic rings. The van der Waals surface area contributed by atoms with Crippen molar-refractivity contribution < 1.29 is 14.4 Å². The molecule has 0 aromatic carbocycles. The summed E-state index contributed by atoms with van der Waals surface area (Å²) in [4.78, 5) is 40.8. The molecular weight excluding hydrogens is 342 g/mol. The van der Waals surface area contributed by atoms with Crippen LogP contribution in [-0.4, -0.2) is 59.7 Å². The fraction of sp³-hybridized carbons (Fsp3) is 0.857. The Morgan fingerprint density at radius 1 is 0.889 bits per heavy atom. The Hall–Kier alpha value is -1.59. The quantitative estimate of drug-likeness (QED) is 0.772. The summed E-state index contributed by atoms with van der Waals surface area (Å²) >= 11 is 0. The van der Waals surface area contributed by atoms with Crippen molar-refractivity contribution >= 4 is 17.7 Å². The van der Waals surface area contributed by atoms with Crippen LogP contribution in [-0.2, 0) is 14.4 Å². The Kier molecular flexibility index (Phi) is 7.13. The van der Waals surface area contributed by atoms with Crippen LogP contribution in [0.2, 0.25) is 0 Å². The van der Waals surface area contributed by atoms with Crippen LogP contribution in [0.5, 0.6) is 0 Å². The van der Waals surface area contributed by atoms with E-state index in [1.54, 1.807) is 11.8 Å². The first kappa shape index (κ1) is 20.2. The molecule has 1 saturated heterocycles. The number of hydrogen-bond donors (Lipinski definition) is 1. The predicted molar refractivity (Wildman–Crippen MR) is 104 cm³/mol. The highest BCUT2D eigenvalue weighted by molar-refractivity contribution is 5.88. The minimum Gasteiger partial charge on any atom is -0.344 e. The van der Waals surface area contributed by atoms with E-state index in [1.165, 1.54) is 32.1 Å². The monoisotopic (exact) mass is 377 g/mol. The highest BCUT2D eigenvalue weighted by Gasteiger charge is 2.31. The Bertz CT molecular complexity index is 533. The number of amides is 3. The Morgan fingerprint density at radius 2 is 1.52 bits per heavy atom. The zero-order valence-electron chi connectivity index (χ0n) is 16.8. The maximum absolute atomic E-state index is 12.6. The number of nitrogens with one attached hydrogen (secondary N) is 1. The van der Waals surface area contributed by atoms with Crippen LogP contribution in [0.15, 0.2) is 0 Å². The molecular formula is C21H35N3O3. The smallest absolute Gasteiger partial charge is 0.244 e. The Morgan fingerprint density at radius 3 is 2.11 bits per heavy atom. The largest absolute Gasteiger partial charge is 0.344 e. The summed E-state index contributed by atoms with van der Waals surface area (Å²) in [6.45, 7) is 4.12. The van der Waals surface area contributed by atoms with Gasteiger partial charge in [0.15, 0.2) is 0 Å². The van der Waals surface area contributed by atoms with Crippen molar-refractivity contribution in [3.63, 3.8) is 0 Å². The van der Waals surface area contributed by atoms with E-state index in [-0.39, 0.29) is 23.6 Å². The lowest BCUT2D eigenvalue weighted by Crippen LogP contribution is -2.55. The van der Waals surface area contributed by atoms with Crippen molar-refractivity contribution in [2.75, 3.05) is 26.2 Å². The number of piperazine rings is 1. The van der Waals surface area contributed by atoms with Gasteiger partial charge in [0, 0.05) is 38.5 Å². The van der Waals surface area contributed by atoms with Crippen LogP contribution in [0.1, 0.15) is 71.1 Å². The third kappa shape index (κ3) is 5.45. The first-order chi connectivity index (χ1) is 13.0. The van der Waals surface area contributed by atoms with E-state index in [0.717, 1.165) is 31.6 Å². The van der Waals surface area contributed by atoms with Gasteiger partial charge in [-0.15, -0.1) is 0 Å². The van der Waals surface area contributed by atoms with Gasteiger partial charge in [-0.2, -0.15) is 0 Å². The van der Waals surface area contributed by atoms with Gasteiger partial charge < -0.3 is 15.1 Å². The molecule has 1 N–H and O–H groups in total. The Labute approximate surface area is 163 Å². The molecule has 0 unspecified atom stereocenters. The maximum atomic E-state index is 12.6. The molecule has 1 aliphatic heterocycles. The number of nitrogens with zero attached hydrogens (tertiary/aromatic N) is 2. The molecule has 0 bridgehead atoms. The first-order valence-corrected chi connectivity index (χ1v) is 10.9. The molecule has 152 valence electrons. The lowest BCUT2D eigenvalue weighted by Gasteiger charge is -2.36. The molecule has 0 aromatic rings. The molecule has 6 heteroatoms. The van der Waals surface area contributed by atoms with E-state index in [9.17, 15) is 14.4 Å². The third-order valence-corrected chi connectivity index (χ3v) is 6.64. The molecule has 2 saturated carbocycles. The van der Waals surface area contributed by atoms with Crippen molar-refractivity contribution in [3.05, 3.63) is 0 Å². The van der Waals surface area contributed by atoms with Gasteiger partial charge in [-0.3, -0.25) is 14.4 Å². The number of carbonyl (C=O) groups excluding carboxylic acids is 3. The second-order valence-corrected chi connectivity index (χ2v) is 8.61. The SMILES string of the molecule is C[C@H](NC(=O)C1CCC1)C(=O)N1CCN(C(=O)CCC2CCCCC2)CC1. The molecule has 0 spiro atoms. The lowest BCUT2D eigenvalue weighted by molar-refractivity contribution is -0.142. The minimum atomic E-state index is -0.480.